The summed E-state index contributed by atoms with van der Waals surface area (Å²) in [5.74, 6) is 1.25. The summed E-state index contributed by atoms with van der Waals surface area (Å²) < 4.78 is 0. The Morgan fingerprint density at radius 2 is 2.23 bits per heavy atom. The van der Waals surface area contributed by atoms with E-state index in [1.807, 2.05) is 0 Å². The third kappa shape index (κ3) is 3.90. The Hall–Kier alpha value is -0.370. The fraction of sp³-hybridized carbons (Fsp3) is 0.909. The molecule has 0 saturated heterocycles. The van der Waals surface area contributed by atoms with Gasteiger partial charge in [-0.2, -0.15) is 0 Å². The second-order valence-electron chi connectivity index (χ2n) is 4.52. The van der Waals surface area contributed by atoms with Crippen molar-refractivity contribution in [3.05, 3.63) is 0 Å². The molecule has 1 atom stereocenters. The summed E-state index contributed by atoms with van der Waals surface area (Å²) in [5.41, 5.74) is 0.975. The van der Waals surface area contributed by atoms with Gasteiger partial charge in [-0.1, -0.05) is 20.3 Å². The lowest BCUT2D eigenvalue weighted by Crippen LogP contribution is -2.32. The molecule has 0 aromatic rings. The van der Waals surface area contributed by atoms with Crippen molar-refractivity contribution in [2.24, 2.45) is 11.8 Å². The Labute approximate surface area is 81.6 Å². The quantitative estimate of drug-likeness (QED) is 0.688. The summed E-state index contributed by atoms with van der Waals surface area (Å²) in [6, 6.07) is 0. The highest BCUT2D eigenvalue weighted by Crippen LogP contribution is 2.19. The Morgan fingerprint density at radius 1 is 1.46 bits per heavy atom. The lowest BCUT2D eigenvalue weighted by Gasteiger charge is -2.23. The fourth-order valence-corrected chi connectivity index (χ4v) is 1.86. The standard InChI is InChI=1S/C11H22N2/c1-9(2)7-13-8-10-5-3-4-6-11(10)12/h9-10,12-13H,3-8H2,1-2H3. The number of rotatable bonds is 4. The van der Waals surface area contributed by atoms with Crippen LogP contribution < -0.4 is 5.32 Å². The molecule has 2 nitrogen and oxygen atoms in total. The highest BCUT2D eigenvalue weighted by atomic mass is 14.9. The molecular formula is C11H22N2. The number of nitrogens with one attached hydrogen (secondary N) is 2. The maximum atomic E-state index is 7.79. The average molecular weight is 182 g/mol. The molecule has 1 fully saturated rings. The molecule has 13 heavy (non-hydrogen) atoms. The van der Waals surface area contributed by atoms with Crippen LogP contribution in [0.15, 0.2) is 0 Å². The van der Waals surface area contributed by atoms with Gasteiger partial charge in [0.1, 0.15) is 0 Å². The van der Waals surface area contributed by atoms with Crippen LogP contribution in [0.4, 0.5) is 0 Å². The molecule has 0 aromatic heterocycles. The van der Waals surface area contributed by atoms with Gasteiger partial charge in [-0.05, 0) is 31.7 Å². The number of hydrogen-bond donors (Lipinski definition) is 2. The summed E-state index contributed by atoms with van der Waals surface area (Å²) >= 11 is 0. The van der Waals surface area contributed by atoms with Crippen molar-refractivity contribution >= 4 is 5.71 Å². The maximum absolute atomic E-state index is 7.79. The van der Waals surface area contributed by atoms with Crippen LogP contribution in [0.3, 0.4) is 0 Å². The van der Waals surface area contributed by atoms with Crippen molar-refractivity contribution in [1.82, 2.24) is 5.32 Å². The largest absolute Gasteiger partial charge is 0.316 e. The zero-order valence-electron chi connectivity index (χ0n) is 8.90. The first kappa shape index (κ1) is 10.7. The summed E-state index contributed by atoms with van der Waals surface area (Å²) in [6.45, 7) is 6.55. The molecule has 1 aliphatic carbocycles. The second kappa shape index (κ2) is 5.38. The van der Waals surface area contributed by atoms with Gasteiger partial charge in [0.05, 0.1) is 0 Å². The summed E-state index contributed by atoms with van der Waals surface area (Å²) in [4.78, 5) is 0. The molecular weight excluding hydrogens is 160 g/mol. The van der Waals surface area contributed by atoms with Gasteiger partial charge in [-0.15, -0.1) is 0 Å². The van der Waals surface area contributed by atoms with E-state index < -0.39 is 0 Å². The van der Waals surface area contributed by atoms with Crippen LogP contribution in [0.25, 0.3) is 0 Å². The third-order valence-corrected chi connectivity index (χ3v) is 2.68. The first-order chi connectivity index (χ1) is 6.20. The van der Waals surface area contributed by atoms with Crippen LogP contribution in [0.2, 0.25) is 0 Å². The average Bonchev–Trinajstić information content (AvgIpc) is 2.08. The van der Waals surface area contributed by atoms with E-state index in [1.165, 1.54) is 19.3 Å². The lowest BCUT2D eigenvalue weighted by molar-refractivity contribution is 0.462. The zero-order chi connectivity index (χ0) is 9.68. The van der Waals surface area contributed by atoms with E-state index in [-0.39, 0.29) is 0 Å². The predicted molar refractivity (Wildman–Crippen MR) is 57.4 cm³/mol. The molecule has 0 spiro atoms. The van der Waals surface area contributed by atoms with Gasteiger partial charge in [0, 0.05) is 18.2 Å². The van der Waals surface area contributed by atoms with Crippen LogP contribution in [0.1, 0.15) is 39.5 Å². The van der Waals surface area contributed by atoms with Gasteiger partial charge in [0.2, 0.25) is 0 Å². The second-order valence-corrected chi connectivity index (χ2v) is 4.52. The topological polar surface area (TPSA) is 35.9 Å². The predicted octanol–water partition coefficient (Wildman–Crippen LogP) is 2.44. The molecule has 0 radical (unpaired) electrons. The van der Waals surface area contributed by atoms with Gasteiger partial charge in [0.15, 0.2) is 0 Å². The van der Waals surface area contributed by atoms with Crippen molar-refractivity contribution in [1.29, 1.82) is 5.41 Å². The van der Waals surface area contributed by atoms with Crippen LogP contribution in [0.5, 0.6) is 0 Å². The third-order valence-electron chi connectivity index (χ3n) is 2.68. The van der Waals surface area contributed by atoms with Crippen molar-refractivity contribution in [3.8, 4) is 0 Å². The van der Waals surface area contributed by atoms with E-state index in [0.29, 0.717) is 5.92 Å². The minimum Gasteiger partial charge on any atom is -0.316 e. The maximum Gasteiger partial charge on any atom is 0.0133 e. The van der Waals surface area contributed by atoms with E-state index >= 15 is 0 Å². The molecule has 2 heteroatoms. The van der Waals surface area contributed by atoms with Crippen molar-refractivity contribution in [3.63, 3.8) is 0 Å². The molecule has 1 rings (SSSR count). The lowest BCUT2D eigenvalue weighted by atomic mass is 9.87. The smallest absolute Gasteiger partial charge is 0.0133 e. The molecule has 0 bridgehead atoms. The van der Waals surface area contributed by atoms with Crippen molar-refractivity contribution in [2.75, 3.05) is 13.1 Å². The Bertz CT molecular complexity index is 163. The van der Waals surface area contributed by atoms with Crippen LogP contribution in [-0.4, -0.2) is 18.8 Å². The van der Waals surface area contributed by atoms with Crippen LogP contribution >= 0.6 is 0 Å². The SMILES string of the molecule is CC(C)CNCC1CCCCC1=N. The molecule has 0 aliphatic heterocycles. The first-order valence-corrected chi connectivity index (χ1v) is 5.48. The minimum atomic E-state index is 0.535. The molecule has 0 amide bonds. The first-order valence-electron chi connectivity index (χ1n) is 5.48. The molecule has 1 unspecified atom stereocenters. The van der Waals surface area contributed by atoms with E-state index in [4.69, 9.17) is 5.41 Å². The molecule has 0 heterocycles. The monoisotopic (exact) mass is 182 g/mol. The van der Waals surface area contributed by atoms with Crippen LogP contribution in [-0.2, 0) is 0 Å². The van der Waals surface area contributed by atoms with Crippen molar-refractivity contribution in [2.45, 2.75) is 39.5 Å². The Balaban J connectivity index is 2.15. The Kier molecular flexibility index (Phi) is 4.43. The molecule has 1 saturated carbocycles. The molecule has 1 aliphatic rings. The molecule has 0 aromatic carbocycles. The number of hydrogen-bond acceptors (Lipinski definition) is 2. The highest BCUT2D eigenvalue weighted by molar-refractivity contribution is 5.84. The van der Waals surface area contributed by atoms with E-state index in [0.717, 1.165) is 31.1 Å². The summed E-state index contributed by atoms with van der Waals surface area (Å²) in [7, 11) is 0. The van der Waals surface area contributed by atoms with Gasteiger partial charge >= 0.3 is 0 Å². The molecule has 76 valence electrons. The minimum absolute atomic E-state index is 0.535. The van der Waals surface area contributed by atoms with Gasteiger partial charge in [0.25, 0.3) is 0 Å². The van der Waals surface area contributed by atoms with E-state index in [1.54, 1.807) is 0 Å². The highest BCUT2D eigenvalue weighted by Gasteiger charge is 2.18. The van der Waals surface area contributed by atoms with E-state index in [2.05, 4.69) is 19.2 Å². The van der Waals surface area contributed by atoms with Gasteiger partial charge in [-0.3, -0.25) is 0 Å². The zero-order valence-corrected chi connectivity index (χ0v) is 8.90. The summed E-state index contributed by atoms with van der Waals surface area (Å²) in [5, 5.41) is 11.2. The molecule has 2 N–H and O–H groups in total. The van der Waals surface area contributed by atoms with E-state index in [9.17, 15) is 0 Å². The fourth-order valence-electron chi connectivity index (χ4n) is 1.86. The van der Waals surface area contributed by atoms with Gasteiger partial charge in [-0.25, -0.2) is 0 Å². The Morgan fingerprint density at radius 3 is 2.85 bits per heavy atom. The van der Waals surface area contributed by atoms with Gasteiger partial charge < -0.3 is 10.7 Å². The van der Waals surface area contributed by atoms with Crippen LogP contribution in [0, 0.1) is 17.2 Å². The normalized spacial score (nSPS) is 23.9. The summed E-state index contributed by atoms with van der Waals surface area (Å²) in [6.07, 6.45) is 4.81. The van der Waals surface area contributed by atoms with Crippen molar-refractivity contribution < 1.29 is 0 Å².